The van der Waals surface area contributed by atoms with Crippen LogP contribution in [0.4, 0.5) is 5.69 Å². The van der Waals surface area contributed by atoms with Crippen molar-refractivity contribution >= 4 is 5.69 Å². The minimum absolute atomic E-state index is 0.748. The summed E-state index contributed by atoms with van der Waals surface area (Å²) in [4.78, 5) is 4.97. The molecule has 1 saturated heterocycles. The molecule has 0 saturated carbocycles. The summed E-state index contributed by atoms with van der Waals surface area (Å²) in [6, 6.07) is 7.69. The van der Waals surface area contributed by atoms with Gasteiger partial charge in [0.15, 0.2) is 0 Å². The van der Waals surface area contributed by atoms with E-state index in [1.807, 2.05) is 0 Å². The lowest BCUT2D eigenvalue weighted by Crippen LogP contribution is -2.41. The van der Waals surface area contributed by atoms with Crippen LogP contribution in [0.1, 0.15) is 24.0 Å². The van der Waals surface area contributed by atoms with Gasteiger partial charge in [0.2, 0.25) is 0 Å². The van der Waals surface area contributed by atoms with Crippen molar-refractivity contribution in [2.45, 2.75) is 31.8 Å². The summed E-state index contributed by atoms with van der Waals surface area (Å²) in [6.07, 6.45) is 3.78. The van der Waals surface area contributed by atoms with E-state index in [0.717, 1.165) is 19.1 Å². The van der Waals surface area contributed by atoms with Crippen LogP contribution in [-0.4, -0.2) is 49.6 Å². The topological polar surface area (TPSA) is 18.5 Å². The largest absolute Gasteiger partial charge is 0.384 e. The van der Waals surface area contributed by atoms with Gasteiger partial charge in [0.05, 0.1) is 0 Å². The second kappa shape index (κ2) is 5.51. The van der Waals surface area contributed by atoms with Crippen LogP contribution < -0.4 is 5.32 Å². The van der Waals surface area contributed by atoms with E-state index in [1.165, 1.54) is 49.2 Å². The number of piperidine rings is 1. The lowest BCUT2D eigenvalue weighted by Gasteiger charge is -2.35. The van der Waals surface area contributed by atoms with Gasteiger partial charge in [0.25, 0.3) is 0 Å². The number of benzene rings is 1. The zero-order valence-corrected chi connectivity index (χ0v) is 12.2. The van der Waals surface area contributed by atoms with E-state index >= 15 is 0 Å². The number of likely N-dealkylation sites (tertiary alicyclic amines) is 1. The first-order valence-corrected chi connectivity index (χ1v) is 7.47. The molecule has 1 aromatic rings. The highest BCUT2D eigenvalue weighted by atomic mass is 15.2. The normalized spacial score (nSPS) is 20.6. The molecule has 0 aliphatic carbocycles. The van der Waals surface area contributed by atoms with Gasteiger partial charge in [0.1, 0.15) is 0 Å². The van der Waals surface area contributed by atoms with Gasteiger partial charge in [-0.3, -0.25) is 4.90 Å². The molecule has 2 aliphatic heterocycles. The molecule has 3 nitrogen and oxygen atoms in total. The number of hydrogen-bond acceptors (Lipinski definition) is 3. The van der Waals surface area contributed by atoms with Crippen LogP contribution in [0.15, 0.2) is 18.2 Å². The maximum absolute atomic E-state index is 3.47. The fraction of sp³-hybridized carbons (Fsp3) is 0.625. The number of hydrogen-bond donors (Lipinski definition) is 1. The predicted molar refractivity (Wildman–Crippen MR) is 80.6 cm³/mol. The highest BCUT2D eigenvalue weighted by Gasteiger charge is 2.20. The minimum atomic E-state index is 0.748. The Labute approximate surface area is 116 Å². The summed E-state index contributed by atoms with van der Waals surface area (Å²) in [5.74, 6) is 0. The molecule has 104 valence electrons. The molecule has 1 fully saturated rings. The summed E-state index contributed by atoms with van der Waals surface area (Å²) < 4.78 is 0. The van der Waals surface area contributed by atoms with Crippen LogP contribution in [0.25, 0.3) is 0 Å². The first-order valence-electron chi connectivity index (χ1n) is 7.47. The molecule has 0 atom stereocenters. The number of nitrogens with zero attached hydrogens (tertiary/aromatic N) is 2. The average molecular weight is 259 g/mol. The smallest absolute Gasteiger partial charge is 0.0376 e. The third kappa shape index (κ3) is 2.93. The lowest BCUT2D eigenvalue weighted by atomic mass is 10.0. The Morgan fingerprint density at radius 2 is 2.11 bits per heavy atom. The van der Waals surface area contributed by atoms with Gasteiger partial charge in [0, 0.05) is 24.8 Å². The second-order valence-corrected chi connectivity index (χ2v) is 6.12. The molecule has 19 heavy (non-hydrogen) atoms. The lowest BCUT2D eigenvalue weighted by molar-refractivity contribution is 0.139. The van der Waals surface area contributed by atoms with E-state index in [1.54, 1.807) is 0 Å². The van der Waals surface area contributed by atoms with Crippen molar-refractivity contribution in [3.05, 3.63) is 29.3 Å². The molecule has 2 heterocycles. The molecule has 0 spiro atoms. The van der Waals surface area contributed by atoms with Crippen LogP contribution in [0.2, 0.25) is 0 Å². The van der Waals surface area contributed by atoms with Crippen molar-refractivity contribution in [2.24, 2.45) is 0 Å². The number of nitrogens with one attached hydrogen (secondary N) is 1. The molecular weight excluding hydrogens is 234 g/mol. The van der Waals surface area contributed by atoms with Crippen LogP contribution in [0, 0.1) is 0 Å². The Morgan fingerprint density at radius 1 is 1.32 bits per heavy atom. The average Bonchev–Trinajstić information content (AvgIpc) is 2.87. The van der Waals surface area contributed by atoms with Gasteiger partial charge in [-0.2, -0.15) is 0 Å². The van der Waals surface area contributed by atoms with E-state index in [9.17, 15) is 0 Å². The standard InChI is InChI=1S/C16H25N3/c1-18-9-6-15(7-10-18)19(2)12-13-3-4-14-5-8-17-16(14)11-13/h3-4,11,15,17H,5-10,12H2,1-2H3. The molecule has 0 amide bonds. The Bertz CT molecular complexity index is 436. The van der Waals surface area contributed by atoms with Gasteiger partial charge in [-0.1, -0.05) is 12.1 Å². The summed E-state index contributed by atoms with van der Waals surface area (Å²) in [6.45, 7) is 4.65. The third-order valence-corrected chi connectivity index (χ3v) is 4.63. The van der Waals surface area contributed by atoms with Crippen molar-refractivity contribution in [3.63, 3.8) is 0 Å². The maximum Gasteiger partial charge on any atom is 0.0376 e. The summed E-state index contributed by atoms with van der Waals surface area (Å²) in [7, 11) is 4.50. The van der Waals surface area contributed by atoms with E-state index in [2.05, 4.69) is 47.4 Å². The molecule has 0 aromatic heterocycles. The Morgan fingerprint density at radius 3 is 2.89 bits per heavy atom. The van der Waals surface area contributed by atoms with Crippen molar-refractivity contribution in [2.75, 3.05) is 39.0 Å². The fourth-order valence-electron chi connectivity index (χ4n) is 3.29. The van der Waals surface area contributed by atoms with E-state index in [0.29, 0.717) is 0 Å². The van der Waals surface area contributed by atoms with Crippen molar-refractivity contribution in [1.82, 2.24) is 9.80 Å². The molecule has 0 unspecified atom stereocenters. The van der Waals surface area contributed by atoms with Crippen molar-refractivity contribution in [3.8, 4) is 0 Å². The number of rotatable bonds is 3. The van der Waals surface area contributed by atoms with Gasteiger partial charge in [-0.15, -0.1) is 0 Å². The monoisotopic (exact) mass is 259 g/mol. The highest BCUT2D eigenvalue weighted by molar-refractivity contribution is 5.57. The minimum Gasteiger partial charge on any atom is -0.384 e. The molecule has 0 radical (unpaired) electrons. The first-order chi connectivity index (χ1) is 9.22. The number of anilines is 1. The van der Waals surface area contributed by atoms with Crippen LogP contribution in [0.3, 0.4) is 0 Å². The molecule has 2 aliphatic rings. The van der Waals surface area contributed by atoms with E-state index in [-0.39, 0.29) is 0 Å². The second-order valence-electron chi connectivity index (χ2n) is 6.12. The Kier molecular flexibility index (Phi) is 3.76. The molecule has 3 rings (SSSR count). The Hall–Kier alpha value is -1.06. The van der Waals surface area contributed by atoms with E-state index < -0.39 is 0 Å². The predicted octanol–water partition coefficient (Wildman–Crippen LogP) is 2.18. The number of fused-ring (bicyclic) bond motifs is 1. The summed E-state index contributed by atoms with van der Waals surface area (Å²) in [5, 5.41) is 3.47. The zero-order valence-electron chi connectivity index (χ0n) is 12.2. The first kappa shape index (κ1) is 12.9. The fourth-order valence-corrected chi connectivity index (χ4v) is 3.29. The summed E-state index contributed by atoms with van der Waals surface area (Å²) >= 11 is 0. The molecule has 3 heteroatoms. The maximum atomic E-state index is 3.47. The SMILES string of the molecule is CN1CCC(N(C)Cc2ccc3c(c2)NCC3)CC1. The summed E-state index contributed by atoms with van der Waals surface area (Å²) in [5.41, 5.74) is 4.27. The van der Waals surface area contributed by atoms with Gasteiger partial charge < -0.3 is 10.2 Å². The van der Waals surface area contributed by atoms with Crippen LogP contribution >= 0.6 is 0 Å². The quantitative estimate of drug-likeness (QED) is 0.897. The van der Waals surface area contributed by atoms with Crippen molar-refractivity contribution < 1.29 is 0 Å². The van der Waals surface area contributed by atoms with E-state index in [4.69, 9.17) is 0 Å². The zero-order chi connectivity index (χ0) is 13.2. The molecular formula is C16H25N3. The molecule has 1 N–H and O–H groups in total. The highest BCUT2D eigenvalue weighted by Crippen LogP contribution is 2.24. The Balaban J connectivity index is 1.61. The van der Waals surface area contributed by atoms with Crippen molar-refractivity contribution in [1.29, 1.82) is 0 Å². The van der Waals surface area contributed by atoms with Crippen LogP contribution in [0.5, 0.6) is 0 Å². The molecule has 1 aromatic carbocycles. The van der Waals surface area contributed by atoms with Gasteiger partial charge in [-0.05, 0) is 63.6 Å². The van der Waals surface area contributed by atoms with Crippen LogP contribution in [-0.2, 0) is 13.0 Å². The third-order valence-electron chi connectivity index (χ3n) is 4.63. The van der Waals surface area contributed by atoms with Gasteiger partial charge >= 0.3 is 0 Å². The molecule has 0 bridgehead atoms. The van der Waals surface area contributed by atoms with Gasteiger partial charge in [-0.25, -0.2) is 0 Å².